The molecular weight excluding hydrogens is 1300 g/mol. The molecule has 4 N–H and O–H groups in total. The highest BCUT2D eigenvalue weighted by atomic mass is 35.5. The number of likely N-dealkylation sites (tertiary alicyclic amines) is 2. The number of carbonyl (C=O) groups excluding carboxylic acids is 3. The second-order valence-electron chi connectivity index (χ2n) is 27.1. The van der Waals surface area contributed by atoms with E-state index in [-0.39, 0.29) is 46.7 Å². The van der Waals surface area contributed by atoms with E-state index in [0.717, 1.165) is 170 Å². The summed E-state index contributed by atoms with van der Waals surface area (Å²) in [5.41, 5.74) is 3.33. The lowest BCUT2D eigenvalue weighted by Gasteiger charge is -2.39. The van der Waals surface area contributed by atoms with Crippen molar-refractivity contribution in [1.82, 2.24) is 30.5 Å². The van der Waals surface area contributed by atoms with Crippen molar-refractivity contribution < 1.29 is 45.4 Å². The Morgan fingerprint density at radius 2 is 1.01 bits per heavy atom. The topological polar surface area (TPSA) is 202 Å². The number of hydrogen-bond acceptors (Lipinski definition) is 12. The van der Waals surface area contributed by atoms with E-state index in [1.807, 2.05) is 32.9 Å². The van der Waals surface area contributed by atoms with Gasteiger partial charge in [-0.05, 0) is 201 Å². The van der Waals surface area contributed by atoms with Crippen LogP contribution in [0.1, 0.15) is 210 Å². The number of Topliss-reactive ketones (excluding diaryl/α,β-unsaturated/α-hetero) is 1. The van der Waals surface area contributed by atoms with E-state index in [9.17, 15) is 31.2 Å². The van der Waals surface area contributed by atoms with Gasteiger partial charge in [0.2, 0.25) is 10.0 Å². The minimum absolute atomic E-state index is 0.0940. The third kappa shape index (κ3) is 23.4. The number of amides is 3. The number of ketones is 1. The third-order valence-corrected chi connectivity index (χ3v) is 22.8. The van der Waals surface area contributed by atoms with Crippen molar-refractivity contribution in [2.75, 3.05) is 51.6 Å². The van der Waals surface area contributed by atoms with Crippen molar-refractivity contribution in [2.24, 2.45) is 5.92 Å². The zero-order valence-corrected chi connectivity index (χ0v) is 59.7. The number of hydrogen-bond donors (Lipinski definition) is 4. The van der Waals surface area contributed by atoms with Gasteiger partial charge in [-0.2, -0.15) is 0 Å². The molecule has 2 heterocycles. The number of sulfonamides is 1. The summed E-state index contributed by atoms with van der Waals surface area (Å²) in [7, 11) is -7.16. The van der Waals surface area contributed by atoms with Crippen molar-refractivity contribution in [3.05, 3.63) is 115 Å². The standard InChI is InChI=1S/C71H100Cl4N6O10S2/c1-50-24-22-39-80(48-50)65-46-59-61(42-51(72)44-63(59)74)67(65)89-55-28-32-57(33-29-55)92(85,86)41-21-14-10-6-8-12-18-36-76-69(83)77-37-19-15-17-27-54(82)26-16-11-7-5-9-13-20-38-78-93(87,88)58-34-30-56(31-35-58)90-68-62-43-52(73)45-64(75)60(62)47-66(68)81-40-23-25-53(49-81)79-70(84)91-71(2,3)4/h28-35,42-45,50,53,65-68,78H,5-27,36-41,46-49H2,1-4H3,(H,79,84)(H2,76,77,83)/t50-,53-,65+,66+,67+,68+/m1/s1. The van der Waals surface area contributed by atoms with E-state index in [2.05, 4.69) is 37.4 Å². The first kappa shape index (κ1) is 74.4. The van der Waals surface area contributed by atoms with E-state index in [4.69, 9.17) is 60.6 Å². The third-order valence-electron chi connectivity index (χ3n) is 18.4. The number of ether oxygens (including phenoxy) is 3. The molecule has 3 amide bonds. The van der Waals surface area contributed by atoms with Gasteiger partial charge in [0, 0.05) is 82.8 Å². The largest absolute Gasteiger partial charge is 0.484 e. The Balaban J connectivity index is 0.592. The van der Waals surface area contributed by atoms with Gasteiger partial charge < -0.3 is 30.2 Å². The van der Waals surface area contributed by atoms with Crippen LogP contribution in [0.15, 0.2) is 82.6 Å². The first-order valence-electron chi connectivity index (χ1n) is 34.2. The first-order valence-corrected chi connectivity index (χ1v) is 38.9. The summed E-state index contributed by atoms with van der Waals surface area (Å²) < 4.78 is 74.6. The van der Waals surface area contributed by atoms with Crippen LogP contribution in [0, 0.1) is 5.92 Å². The zero-order valence-electron chi connectivity index (χ0n) is 55.0. The minimum Gasteiger partial charge on any atom is -0.484 e. The lowest BCUT2D eigenvalue weighted by atomic mass is 9.97. The van der Waals surface area contributed by atoms with Crippen LogP contribution in [-0.2, 0) is 42.2 Å². The number of nitrogens with zero attached hydrogens (tertiary/aromatic N) is 2. The summed E-state index contributed by atoms with van der Waals surface area (Å²) in [6, 6.07) is 20.5. The molecule has 514 valence electrons. The summed E-state index contributed by atoms with van der Waals surface area (Å²) in [4.78, 5) is 42.8. The molecule has 2 aliphatic heterocycles. The molecule has 6 atom stereocenters. The molecular formula is C71H100Cl4N6O10S2. The predicted molar refractivity (Wildman–Crippen MR) is 373 cm³/mol. The van der Waals surface area contributed by atoms with E-state index >= 15 is 0 Å². The highest BCUT2D eigenvalue weighted by Gasteiger charge is 2.43. The van der Waals surface area contributed by atoms with Gasteiger partial charge in [0.25, 0.3) is 0 Å². The molecule has 4 aromatic rings. The molecule has 16 nitrogen and oxygen atoms in total. The van der Waals surface area contributed by atoms with E-state index in [0.29, 0.717) is 94.3 Å². The van der Waals surface area contributed by atoms with Gasteiger partial charge in [-0.25, -0.2) is 31.1 Å². The van der Waals surface area contributed by atoms with Crippen LogP contribution in [0.2, 0.25) is 20.1 Å². The first-order chi connectivity index (χ1) is 44.5. The average molecular weight is 1400 g/mol. The molecule has 0 saturated carbocycles. The summed E-state index contributed by atoms with van der Waals surface area (Å²) in [5.74, 6) is 2.14. The highest BCUT2D eigenvalue weighted by molar-refractivity contribution is 7.91. The molecule has 4 aliphatic rings. The van der Waals surface area contributed by atoms with Crippen molar-refractivity contribution in [2.45, 2.75) is 234 Å². The van der Waals surface area contributed by atoms with Crippen LogP contribution in [0.5, 0.6) is 11.5 Å². The molecule has 93 heavy (non-hydrogen) atoms. The van der Waals surface area contributed by atoms with Crippen molar-refractivity contribution in [3.8, 4) is 11.5 Å². The molecule has 0 aromatic heterocycles. The van der Waals surface area contributed by atoms with Crippen LogP contribution >= 0.6 is 46.4 Å². The number of nitrogens with one attached hydrogen (secondary N) is 4. The van der Waals surface area contributed by atoms with Gasteiger partial charge in [-0.1, -0.05) is 124 Å². The number of benzene rings is 4. The highest BCUT2D eigenvalue weighted by Crippen LogP contribution is 2.45. The van der Waals surface area contributed by atoms with Gasteiger partial charge >= 0.3 is 12.1 Å². The number of urea groups is 1. The molecule has 0 unspecified atom stereocenters. The molecule has 22 heteroatoms. The zero-order chi connectivity index (χ0) is 66.5. The number of piperidine rings is 2. The van der Waals surface area contributed by atoms with Crippen LogP contribution in [0.4, 0.5) is 9.59 Å². The number of unbranched alkanes of at least 4 members (excludes halogenated alkanes) is 14. The Hall–Kier alpha value is -4.37. The monoisotopic (exact) mass is 1400 g/mol. The fourth-order valence-corrected chi connectivity index (χ4v) is 17.2. The Morgan fingerprint density at radius 3 is 1.53 bits per heavy atom. The minimum atomic E-state index is -3.73. The molecule has 0 radical (unpaired) electrons. The lowest BCUT2D eigenvalue weighted by Crippen LogP contribution is -2.53. The van der Waals surface area contributed by atoms with Gasteiger partial charge in [0.1, 0.15) is 35.1 Å². The summed E-state index contributed by atoms with van der Waals surface area (Å²) >= 11 is 26.4. The SMILES string of the molecule is C[C@@H]1CCCN([C@H]2Cc3c(Cl)cc(Cl)cc3[C@@H]2Oc2ccc(S(=O)(=O)CCCCCCCCCNC(=O)NCCCCCC(=O)CCCCCCCCCNS(=O)(=O)c3ccc(O[C@H]4c5cc(Cl)cc(Cl)c5C[C@@H]4N4CCC[C@@H](NC(=O)OC(C)(C)C)C4)cc3)cc2)C1. The van der Waals surface area contributed by atoms with E-state index in [1.165, 1.54) is 6.42 Å². The second kappa shape index (κ2) is 36.3. The van der Waals surface area contributed by atoms with E-state index in [1.54, 1.807) is 60.7 Å². The van der Waals surface area contributed by atoms with Crippen LogP contribution < -0.4 is 30.1 Å². The molecule has 2 saturated heterocycles. The van der Waals surface area contributed by atoms with Crippen LogP contribution in [0.25, 0.3) is 0 Å². The van der Waals surface area contributed by atoms with Crippen molar-refractivity contribution in [1.29, 1.82) is 0 Å². The van der Waals surface area contributed by atoms with E-state index < -0.39 is 37.7 Å². The number of halogens is 4. The molecule has 2 fully saturated rings. The number of fused-ring (bicyclic) bond motifs is 2. The maximum atomic E-state index is 13.3. The Kier molecular flexibility index (Phi) is 29.0. The van der Waals surface area contributed by atoms with Gasteiger partial charge in [0.05, 0.1) is 27.6 Å². The number of rotatable bonds is 36. The fourth-order valence-electron chi connectivity index (χ4n) is 13.6. The molecule has 0 spiro atoms. The molecule has 0 bridgehead atoms. The van der Waals surface area contributed by atoms with Gasteiger partial charge in [0.15, 0.2) is 9.84 Å². The summed E-state index contributed by atoms with van der Waals surface area (Å²) in [6.45, 7) is 12.8. The normalized spacial score (nSPS) is 20.2. The second-order valence-corrected chi connectivity index (χ2v) is 32.7. The Labute approximate surface area is 574 Å². The molecule has 2 aliphatic carbocycles. The average Bonchev–Trinajstić information content (AvgIpc) is 1.63. The maximum Gasteiger partial charge on any atom is 0.407 e. The number of alkyl carbamates (subject to hydrolysis) is 1. The van der Waals surface area contributed by atoms with Gasteiger partial charge in [-0.15, -0.1) is 0 Å². The fraction of sp³-hybridized carbons (Fsp3) is 0.620. The molecule has 4 aromatic carbocycles. The summed E-state index contributed by atoms with van der Waals surface area (Å²) in [6.07, 6.45) is 20.9. The summed E-state index contributed by atoms with van der Waals surface area (Å²) in [5, 5.41) is 11.2. The number of sulfone groups is 1. The van der Waals surface area contributed by atoms with Gasteiger partial charge in [-0.3, -0.25) is 14.6 Å². The predicted octanol–water partition coefficient (Wildman–Crippen LogP) is 16.1. The maximum absolute atomic E-state index is 13.3. The number of carbonyl (C=O) groups is 3. The Bertz CT molecular complexity index is 3300. The quantitative estimate of drug-likeness (QED) is 0.0314. The van der Waals surface area contributed by atoms with Crippen LogP contribution in [-0.4, -0.2) is 120 Å². The lowest BCUT2D eigenvalue weighted by molar-refractivity contribution is -0.119. The Morgan fingerprint density at radius 1 is 0.559 bits per heavy atom. The molecule has 8 rings (SSSR count). The smallest absolute Gasteiger partial charge is 0.407 e. The van der Waals surface area contributed by atoms with Crippen molar-refractivity contribution in [3.63, 3.8) is 0 Å². The van der Waals surface area contributed by atoms with Crippen LogP contribution in [0.3, 0.4) is 0 Å². The van der Waals surface area contributed by atoms with Crippen molar-refractivity contribution >= 4 is 84.2 Å².